The first-order chi connectivity index (χ1) is 46.3. The van der Waals surface area contributed by atoms with Gasteiger partial charge in [0.25, 0.3) is 10.1 Å². The summed E-state index contributed by atoms with van der Waals surface area (Å²) >= 11 is 13.6. The van der Waals surface area contributed by atoms with E-state index in [0.29, 0.717) is 50.9 Å². The summed E-state index contributed by atoms with van der Waals surface area (Å²) in [7, 11) is -3.48. The van der Waals surface area contributed by atoms with Crippen molar-refractivity contribution < 1.29 is 51.2 Å². The van der Waals surface area contributed by atoms with E-state index in [0.717, 1.165) is 64.9 Å². The number of rotatable bonds is 23. The number of nitrogens with zero attached hydrogens (tertiary/aromatic N) is 1. The van der Waals surface area contributed by atoms with Gasteiger partial charge in [-0.3, -0.25) is 33.0 Å². The maximum atomic E-state index is 12.7. The lowest BCUT2D eigenvalue weighted by Gasteiger charge is -2.36. The number of aliphatic carboxylic acids is 1. The molecular weight excluding hydrogens is 1500 g/mol. The highest BCUT2D eigenvalue weighted by molar-refractivity contribution is 9.11. The summed E-state index contributed by atoms with van der Waals surface area (Å²) in [5, 5.41) is 9.13. The number of halogens is 4. The molecule has 1 amide bonds. The number of carboxylic acid groups (broad SMARTS) is 1. The van der Waals surface area contributed by atoms with Crippen molar-refractivity contribution in [3.05, 3.63) is 281 Å². The van der Waals surface area contributed by atoms with Crippen molar-refractivity contribution in [2.24, 2.45) is 5.73 Å². The Bertz CT molecular complexity index is 3840. The van der Waals surface area contributed by atoms with Crippen molar-refractivity contribution >= 4 is 109 Å². The minimum Gasteiger partial charge on any atom is -0.481 e. The zero-order chi connectivity index (χ0) is 70.4. The van der Waals surface area contributed by atoms with Crippen molar-refractivity contribution in [3.63, 3.8) is 0 Å². The van der Waals surface area contributed by atoms with Crippen LogP contribution >= 0.6 is 63.7 Å². The number of esters is 2. The van der Waals surface area contributed by atoms with Gasteiger partial charge >= 0.3 is 17.9 Å². The van der Waals surface area contributed by atoms with Gasteiger partial charge in [-0.2, -0.15) is 8.42 Å². The van der Waals surface area contributed by atoms with Gasteiger partial charge in [0.05, 0.1) is 38.2 Å². The van der Waals surface area contributed by atoms with Crippen LogP contribution in [-0.2, 0) is 47.8 Å². The predicted molar refractivity (Wildman–Crippen MR) is 399 cm³/mol. The number of amides is 1. The number of likely N-dealkylation sites (tertiary alicyclic amines) is 1. The van der Waals surface area contributed by atoms with Crippen molar-refractivity contribution in [1.82, 2.24) is 4.90 Å². The molecule has 8 aromatic carbocycles. The van der Waals surface area contributed by atoms with Gasteiger partial charge in [-0.15, -0.1) is 0 Å². The molecule has 2 saturated heterocycles. The second-order valence-electron chi connectivity index (χ2n) is 24.5. The molecule has 3 N–H and O–H groups in total. The van der Waals surface area contributed by atoms with Gasteiger partial charge in [0.1, 0.15) is 11.6 Å². The Morgan fingerprint density at radius 3 is 1.26 bits per heavy atom. The van der Waals surface area contributed by atoms with Crippen LogP contribution in [0.4, 0.5) is 0 Å². The van der Waals surface area contributed by atoms with Crippen molar-refractivity contribution in [2.45, 2.75) is 139 Å². The molecule has 0 bridgehead atoms. The molecule has 0 radical (unpaired) electrons. The Morgan fingerprint density at radius 1 is 0.495 bits per heavy atom. The van der Waals surface area contributed by atoms with Crippen LogP contribution in [0, 0.1) is 0 Å². The van der Waals surface area contributed by atoms with Crippen LogP contribution in [0.5, 0.6) is 0 Å². The van der Waals surface area contributed by atoms with E-state index in [1.807, 2.05) is 208 Å². The molecule has 0 aromatic heterocycles. The third-order valence-corrected chi connectivity index (χ3v) is 19.6. The normalized spacial score (nSPS) is 15.6. The zero-order valence-corrected chi connectivity index (χ0v) is 62.5. The summed E-state index contributed by atoms with van der Waals surface area (Å²) in [6.07, 6.45) is 5.26. The largest absolute Gasteiger partial charge is 0.481 e. The summed E-state index contributed by atoms with van der Waals surface area (Å²) < 4.78 is 35.9. The molecule has 0 spiro atoms. The molecule has 97 heavy (non-hydrogen) atoms. The quantitative estimate of drug-likeness (QED) is 0.0349. The molecule has 0 saturated carbocycles. The van der Waals surface area contributed by atoms with Gasteiger partial charge < -0.3 is 20.5 Å². The Labute approximate surface area is 606 Å². The van der Waals surface area contributed by atoms with E-state index < -0.39 is 28.0 Å². The van der Waals surface area contributed by atoms with Crippen molar-refractivity contribution in [2.75, 3.05) is 19.4 Å². The molecule has 0 aliphatic carbocycles. The van der Waals surface area contributed by atoms with Gasteiger partial charge in [0.15, 0.2) is 0 Å². The van der Waals surface area contributed by atoms with Gasteiger partial charge in [-0.1, -0.05) is 247 Å². The topological polar surface area (TPSA) is 205 Å². The number of carbonyl (C=O) groups is 6. The second kappa shape index (κ2) is 40.8. The van der Waals surface area contributed by atoms with E-state index in [1.165, 1.54) is 16.7 Å². The monoisotopic (exact) mass is 1590 g/mol. The molecular formula is C79H86Br4N2O11S. The summed E-state index contributed by atoms with van der Waals surface area (Å²) in [6, 6.07) is 71.6. The molecule has 13 nitrogen and oxygen atoms in total. The number of piperidine rings is 1. The van der Waals surface area contributed by atoms with E-state index >= 15 is 0 Å². The first-order valence-electron chi connectivity index (χ1n) is 32.4. The number of hydrogen-bond donors (Lipinski definition) is 2. The highest BCUT2D eigenvalue weighted by Gasteiger charge is 2.31. The van der Waals surface area contributed by atoms with Crippen LogP contribution in [0.2, 0.25) is 0 Å². The first-order valence-corrected chi connectivity index (χ1v) is 37.4. The third kappa shape index (κ3) is 28.8. The highest BCUT2D eigenvalue weighted by Crippen LogP contribution is 2.35. The minimum atomic E-state index is -3.48. The molecule has 512 valence electrons. The van der Waals surface area contributed by atoms with Crippen molar-refractivity contribution in [3.8, 4) is 0 Å². The number of cyclic esters (lactones) is 2. The number of benzene rings is 8. The number of carbonyl (C=O) groups excluding carboxylic acids is 5. The van der Waals surface area contributed by atoms with E-state index in [1.54, 1.807) is 0 Å². The lowest BCUT2D eigenvalue weighted by Crippen LogP contribution is -2.39. The third-order valence-electron chi connectivity index (χ3n) is 16.9. The van der Waals surface area contributed by atoms with Crippen LogP contribution < -0.4 is 5.73 Å². The fraction of sp³-hybridized carbons (Fsp3) is 0.316. The molecule has 2 aliphatic heterocycles. The summed E-state index contributed by atoms with van der Waals surface area (Å²) in [4.78, 5) is 72.9. The molecule has 3 unspecified atom stereocenters. The Kier molecular flexibility index (Phi) is 33.2. The maximum absolute atomic E-state index is 12.7. The van der Waals surface area contributed by atoms with E-state index in [2.05, 4.69) is 112 Å². The predicted octanol–water partition coefficient (Wildman–Crippen LogP) is 19.2. The number of ether oxygens (including phenoxy) is 1. The first kappa shape index (κ1) is 79.0. The van der Waals surface area contributed by atoms with Gasteiger partial charge in [-0.05, 0) is 143 Å². The van der Waals surface area contributed by atoms with Gasteiger partial charge in [0.2, 0.25) is 5.91 Å². The smallest absolute Gasteiger partial charge is 0.314 e. The molecule has 2 aliphatic rings. The van der Waals surface area contributed by atoms with Crippen LogP contribution in [0.15, 0.2) is 236 Å². The molecule has 18 heteroatoms. The van der Waals surface area contributed by atoms with Gasteiger partial charge in [-0.25, -0.2) is 0 Å². The standard InChI is InChI=1S/C21H25BrO4S.C20H21BrO3.C19H20BrNO.C11H10O3.C8H10BrN/c1-16(17-8-10-20(22)11-9-17)14-21(23)15-19(12-13-26-27(2,24)25)18-6-4-3-5-7-18;1-14(15-7-9-18(21)10-8-15)11-19(22)12-17(13-20(23)24)16-5-3-2-4-6-16;1-14(15-7-9-18(20)10-8-15)21-12-11-17(13-19(21)22)16-5-3-2-4-6-16;12-10-6-9(7-11(13)14-10)8-4-2-1-3-5-8;1-6(10)7-2-4-8(9)5-3-7/h3-11,16,19H,12-15H2,1-2H3;2-10,14,17H,11-13H2,1H3,(H,23,24);2-10,14,17H,11-13H2,1H3;1-5,9H,6-7H2;2-6H,10H2,1H3/t16-,19?;2*14-,17?;;6-/m110.0/s1. The maximum Gasteiger partial charge on any atom is 0.314 e. The highest BCUT2D eigenvalue weighted by atomic mass is 79.9. The van der Waals surface area contributed by atoms with E-state index in [4.69, 9.17) is 15.0 Å². The number of hydrogen-bond acceptors (Lipinski definition) is 11. The number of nitrogens with two attached hydrogens (primary N) is 1. The summed E-state index contributed by atoms with van der Waals surface area (Å²) in [6.45, 7) is 9.07. The van der Waals surface area contributed by atoms with Crippen molar-refractivity contribution in [1.29, 1.82) is 0 Å². The molecule has 2 fully saturated rings. The Hall–Kier alpha value is -7.03. The SMILES string of the molecule is C[C@@H](c1ccc(Br)cc1)N1CCC(c2ccccc2)CC1=O.C[C@H](CC(=O)CC(CC(=O)O)c1ccccc1)c1ccc(Br)cc1.C[C@H](CC(=O)CC(CCOS(C)(=O)=O)c1ccccc1)c1ccc(Br)cc1.C[C@H](N)c1ccc(Br)cc1.O=C1CC(c2ccccc2)CC(=O)O1. The Morgan fingerprint density at radius 2 is 0.866 bits per heavy atom. The summed E-state index contributed by atoms with van der Waals surface area (Å²) in [5.41, 5.74) is 14.5. The number of ketones is 2. The van der Waals surface area contributed by atoms with Crippen LogP contribution in [-0.4, -0.2) is 73.2 Å². The lowest BCUT2D eigenvalue weighted by molar-refractivity contribution is -0.164. The average Bonchev–Trinajstić information content (AvgIpc) is 0.841. The van der Waals surface area contributed by atoms with Gasteiger partial charge in [0, 0.05) is 74.4 Å². The zero-order valence-electron chi connectivity index (χ0n) is 55.4. The summed E-state index contributed by atoms with van der Waals surface area (Å²) in [5.74, 6) is -0.920. The molecule has 7 atom stereocenters. The van der Waals surface area contributed by atoms with E-state index in [9.17, 15) is 37.2 Å². The average molecular weight is 1590 g/mol. The number of Topliss-reactive ketones (excluding diaryl/α,β-unsaturated/α-hetero) is 2. The molecule has 2 heterocycles. The fourth-order valence-electron chi connectivity index (χ4n) is 11.5. The lowest BCUT2D eigenvalue weighted by atomic mass is 9.87. The second-order valence-corrected chi connectivity index (χ2v) is 29.9. The van der Waals surface area contributed by atoms with Crippen LogP contribution in [0.3, 0.4) is 0 Å². The van der Waals surface area contributed by atoms with E-state index in [-0.39, 0.29) is 78.6 Å². The molecule has 8 aromatic rings. The molecule has 10 rings (SSSR count). The fourth-order valence-corrected chi connectivity index (χ4v) is 13.0. The van der Waals surface area contributed by atoms with Crippen LogP contribution in [0.1, 0.15) is 184 Å². The van der Waals surface area contributed by atoms with Crippen LogP contribution in [0.25, 0.3) is 0 Å². The Balaban J connectivity index is 0.000000198. The number of carboxylic acids is 1. The minimum absolute atomic E-state index is 0.00931.